The van der Waals surface area contributed by atoms with Gasteiger partial charge in [-0.15, -0.1) is 0 Å². The van der Waals surface area contributed by atoms with E-state index in [1.165, 1.54) is 0 Å². The van der Waals surface area contributed by atoms with E-state index in [4.69, 9.17) is 4.74 Å². The zero-order chi connectivity index (χ0) is 20.9. The van der Waals surface area contributed by atoms with Crippen LogP contribution in [0.15, 0.2) is 73.4 Å². The predicted octanol–water partition coefficient (Wildman–Crippen LogP) is 2.92. The summed E-state index contributed by atoms with van der Waals surface area (Å²) in [7, 11) is 3.47. The Morgan fingerprint density at radius 2 is 1.93 bits per heavy atom. The largest absolute Gasteiger partial charge is 0.496 e. The van der Waals surface area contributed by atoms with E-state index in [2.05, 4.69) is 25.7 Å². The molecule has 3 heterocycles. The number of aromatic nitrogens is 5. The predicted molar refractivity (Wildman–Crippen MR) is 112 cm³/mol. The minimum absolute atomic E-state index is 0.394. The van der Waals surface area contributed by atoms with E-state index in [1.807, 2.05) is 60.3 Å². The number of ether oxygens (including phenoxy) is 1. The molecular weight excluding hydrogens is 382 g/mol. The number of anilines is 1. The number of carbonyl (C=O) groups excluding carboxylic acids is 1. The van der Waals surface area contributed by atoms with Crippen molar-refractivity contribution in [3.05, 3.63) is 84.8 Å². The molecule has 1 unspecified atom stereocenters. The molecule has 0 radical (unpaired) electrons. The number of hydrogen-bond acceptors (Lipinski definition) is 5. The van der Waals surface area contributed by atoms with Crippen LogP contribution in [0.4, 0.5) is 10.5 Å². The second kappa shape index (κ2) is 8.48. The Balaban J connectivity index is 1.56. The summed E-state index contributed by atoms with van der Waals surface area (Å²) < 4.78 is 8.93. The number of methoxy groups -OCH3 is 1. The molecule has 30 heavy (non-hydrogen) atoms. The van der Waals surface area contributed by atoms with Gasteiger partial charge in [0.2, 0.25) is 0 Å². The van der Waals surface area contributed by atoms with E-state index in [0.717, 1.165) is 5.56 Å². The second-order valence-electron chi connectivity index (χ2n) is 6.53. The number of carbonyl (C=O) groups is 1. The van der Waals surface area contributed by atoms with Crippen molar-refractivity contribution in [2.75, 3.05) is 12.4 Å². The van der Waals surface area contributed by atoms with Crippen LogP contribution in [-0.4, -0.2) is 37.5 Å². The molecule has 0 fully saturated rings. The van der Waals surface area contributed by atoms with Crippen molar-refractivity contribution in [2.24, 2.45) is 7.05 Å². The van der Waals surface area contributed by atoms with Crippen LogP contribution in [0.5, 0.6) is 5.75 Å². The molecule has 2 N–H and O–H groups in total. The molecule has 0 bridgehead atoms. The third-order valence-electron chi connectivity index (χ3n) is 4.57. The Morgan fingerprint density at radius 1 is 1.10 bits per heavy atom. The van der Waals surface area contributed by atoms with Crippen LogP contribution in [0.3, 0.4) is 0 Å². The van der Waals surface area contributed by atoms with Gasteiger partial charge in [-0.2, -0.15) is 5.10 Å². The maximum absolute atomic E-state index is 12.8. The van der Waals surface area contributed by atoms with E-state index >= 15 is 0 Å². The van der Waals surface area contributed by atoms with Crippen molar-refractivity contribution in [1.29, 1.82) is 0 Å². The van der Waals surface area contributed by atoms with Gasteiger partial charge in [-0.05, 0) is 18.2 Å². The van der Waals surface area contributed by atoms with E-state index in [0.29, 0.717) is 23.1 Å². The summed E-state index contributed by atoms with van der Waals surface area (Å²) in [6, 6.07) is 12.1. The summed E-state index contributed by atoms with van der Waals surface area (Å²) in [5, 5.41) is 10.0. The molecule has 0 spiro atoms. The van der Waals surface area contributed by atoms with Crippen molar-refractivity contribution in [3.8, 4) is 11.6 Å². The first kappa shape index (κ1) is 19.2. The van der Waals surface area contributed by atoms with Crippen LogP contribution < -0.4 is 15.4 Å². The van der Waals surface area contributed by atoms with Crippen LogP contribution in [0, 0.1) is 0 Å². The fourth-order valence-electron chi connectivity index (χ4n) is 3.14. The summed E-state index contributed by atoms with van der Waals surface area (Å²) in [4.78, 5) is 21.4. The molecule has 4 aromatic rings. The first-order valence-electron chi connectivity index (χ1n) is 9.29. The van der Waals surface area contributed by atoms with Crippen molar-refractivity contribution in [1.82, 2.24) is 29.6 Å². The zero-order valence-corrected chi connectivity index (χ0v) is 16.6. The first-order valence-corrected chi connectivity index (χ1v) is 9.29. The van der Waals surface area contributed by atoms with Gasteiger partial charge < -0.3 is 19.9 Å². The standard InChI is InChI=1S/C21H21N7O2/c1-27-12-11-23-20(27)19(16-7-3-4-8-17(16)30-2)26-21(29)25-15-13-24-28(14-15)18-9-5-6-10-22-18/h3-14,19H,1-2H3,(H2,25,26,29). The number of amides is 2. The lowest BCUT2D eigenvalue weighted by Gasteiger charge is -2.21. The summed E-state index contributed by atoms with van der Waals surface area (Å²) in [5.41, 5.74) is 1.34. The molecule has 0 saturated heterocycles. The van der Waals surface area contributed by atoms with E-state index < -0.39 is 12.1 Å². The van der Waals surface area contributed by atoms with Gasteiger partial charge in [-0.1, -0.05) is 24.3 Å². The van der Waals surface area contributed by atoms with Gasteiger partial charge in [-0.3, -0.25) is 0 Å². The molecule has 2 amide bonds. The van der Waals surface area contributed by atoms with Crippen molar-refractivity contribution >= 4 is 11.7 Å². The fourth-order valence-corrected chi connectivity index (χ4v) is 3.14. The molecule has 9 heteroatoms. The lowest BCUT2D eigenvalue weighted by Crippen LogP contribution is -2.34. The molecule has 4 rings (SSSR count). The molecule has 9 nitrogen and oxygen atoms in total. The minimum atomic E-state index is -0.507. The number of benzene rings is 1. The SMILES string of the molecule is COc1ccccc1C(NC(=O)Nc1cnn(-c2ccccn2)c1)c1nccn1C. The topological polar surface area (TPSA) is 98.9 Å². The molecule has 0 aliphatic carbocycles. The minimum Gasteiger partial charge on any atom is -0.496 e. The summed E-state index contributed by atoms with van der Waals surface area (Å²) in [6.45, 7) is 0. The Morgan fingerprint density at radius 3 is 2.67 bits per heavy atom. The molecule has 1 aromatic carbocycles. The Labute approximate surface area is 173 Å². The van der Waals surface area contributed by atoms with E-state index in [-0.39, 0.29) is 0 Å². The highest BCUT2D eigenvalue weighted by atomic mass is 16.5. The average molecular weight is 403 g/mol. The highest BCUT2D eigenvalue weighted by molar-refractivity contribution is 5.89. The lowest BCUT2D eigenvalue weighted by atomic mass is 10.0. The maximum Gasteiger partial charge on any atom is 0.320 e. The van der Waals surface area contributed by atoms with E-state index in [9.17, 15) is 4.79 Å². The van der Waals surface area contributed by atoms with Crippen LogP contribution in [0.1, 0.15) is 17.4 Å². The van der Waals surface area contributed by atoms with Gasteiger partial charge in [0.15, 0.2) is 5.82 Å². The Hall–Kier alpha value is -4.14. The van der Waals surface area contributed by atoms with Crippen LogP contribution in [-0.2, 0) is 7.05 Å². The van der Waals surface area contributed by atoms with Gasteiger partial charge >= 0.3 is 6.03 Å². The van der Waals surface area contributed by atoms with Crippen molar-refractivity contribution in [2.45, 2.75) is 6.04 Å². The monoisotopic (exact) mass is 403 g/mol. The highest BCUT2D eigenvalue weighted by Crippen LogP contribution is 2.29. The fraction of sp³-hybridized carbons (Fsp3) is 0.143. The van der Waals surface area contributed by atoms with Gasteiger partial charge in [0.25, 0.3) is 0 Å². The Bertz CT molecular complexity index is 1140. The third-order valence-corrected chi connectivity index (χ3v) is 4.57. The number of urea groups is 1. The molecular formula is C21H21N7O2. The van der Waals surface area contributed by atoms with E-state index in [1.54, 1.807) is 36.6 Å². The summed E-state index contributed by atoms with van der Waals surface area (Å²) in [6.07, 6.45) is 8.46. The number of nitrogens with zero attached hydrogens (tertiary/aromatic N) is 5. The number of nitrogens with one attached hydrogen (secondary N) is 2. The molecule has 0 aliphatic heterocycles. The number of para-hydroxylation sites is 1. The smallest absolute Gasteiger partial charge is 0.320 e. The number of pyridine rings is 1. The molecule has 152 valence electrons. The van der Waals surface area contributed by atoms with Gasteiger partial charge in [0, 0.05) is 31.2 Å². The number of rotatable bonds is 6. The number of aryl methyl sites for hydroxylation is 1. The average Bonchev–Trinajstić information content (AvgIpc) is 3.41. The van der Waals surface area contributed by atoms with Crippen LogP contribution in [0.2, 0.25) is 0 Å². The zero-order valence-electron chi connectivity index (χ0n) is 16.6. The molecule has 3 aromatic heterocycles. The first-order chi connectivity index (χ1) is 14.7. The van der Waals surface area contributed by atoms with Gasteiger partial charge in [-0.25, -0.2) is 19.4 Å². The summed E-state index contributed by atoms with van der Waals surface area (Å²) in [5.74, 6) is 2.00. The van der Waals surface area contributed by atoms with Crippen molar-refractivity contribution in [3.63, 3.8) is 0 Å². The Kier molecular flexibility index (Phi) is 5.42. The lowest BCUT2D eigenvalue weighted by molar-refractivity contribution is 0.249. The second-order valence-corrected chi connectivity index (χ2v) is 6.53. The van der Waals surface area contributed by atoms with Crippen LogP contribution in [0.25, 0.3) is 5.82 Å². The van der Waals surface area contributed by atoms with Crippen LogP contribution >= 0.6 is 0 Å². The number of imidazole rings is 1. The summed E-state index contributed by atoms with van der Waals surface area (Å²) >= 11 is 0. The quantitative estimate of drug-likeness (QED) is 0.516. The van der Waals surface area contributed by atoms with Gasteiger partial charge in [0.05, 0.1) is 25.2 Å². The highest BCUT2D eigenvalue weighted by Gasteiger charge is 2.24. The maximum atomic E-state index is 12.8. The normalized spacial score (nSPS) is 11.7. The molecule has 0 saturated carbocycles. The molecule has 0 aliphatic rings. The third kappa shape index (κ3) is 4.00. The number of hydrogen-bond donors (Lipinski definition) is 2. The molecule has 1 atom stereocenters. The van der Waals surface area contributed by atoms with Gasteiger partial charge in [0.1, 0.15) is 17.6 Å². The van der Waals surface area contributed by atoms with Crippen molar-refractivity contribution < 1.29 is 9.53 Å².